The Bertz CT molecular complexity index is 1280. The summed E-state index contributed by atoms with van der Waals surface area (Å²) in [6.45, 7) is 1.80. The van der Waals surface area contributed by atoms with Crippen LogP contribution in [0, 0.1) is 0 Å². The zero-order chi connectivity index (χ0) is 22.7. The van der Waals surface area contributed by atoms with Gasteiger partial charge in [0, 0.05) is 21.5 Å². The summed E-state index contributed by atoms with van der Waals surface area (Å²) < 4.78 is 17.7. The molecule has 0 spiro atoms. The molecule has 0 N–H and O–H groups in total. The maximum absolute atomic E-state index is 12.8. The number of hydrogen-bond acceptors (Lipinski definition) is 5. The summed E-state index contributed by atoms with van der Waals surface area (Å²) in [6.07, 6.45) is 0. The zero-order valence-corrected chi connectivity index (χ0v) is 19.4. The lowest BCUT2D eigenvalue weighted by molar-refractivity contribution is 0.0528. The summed E-state index contributed by atoms with van der Waals surface area (Å²) in [5, 5.41) is 1.09. The smallest absolute Gasteiger partial charge is 0.342 e. The van der Waals surface area contributed by atoms with E-state index in [4.69, 9.17) is 25.5 Å². The highest BCUT2D eigenvalue weighted by Crippen LogP contribution is 2.39. The van der Waals surface area contributed by atoms with E-state index in [1.807, 2.05) is 30.3 Å². The maximum atomic E-state index is 12.8. The van der Waals surface area contributed by atoms with E-state index in [1.54, 1.807) is 43.3 Å². The Morgan fingerprint density at radius 3 is 2.44 bits per heavy atom. The van der Waals surface area contributed by atoms with Gasteiger partial charge in [0.25, 0.3) is 0 Å². The molecule has 5 nitrogen and oxygen atoms in total. The second-order valence-electron chi connectivity index (χ2n) is 6.89. The highest BCUT2D eigenvalue weighted by molar-refractivity contribution is 9.10. The summed E-state index contributed by atoms with van der Waals surface area (Å²) in [6, 6.07) is 19.3. The first kappa shape index (κ1) is 22.1. The lowest BCUT2D eigenvalue weighted by Gasteiger charge is -2.08. The molecule has 0 radical (unpaired) electrons. The SMILES string of the molecule is CCOC(=O)c1c(-c2ccccc2)oc2cc(Br)c(OCC(=O)c3ccc(Cl)cc3)cc12. The van der Waals surface area contributed by atoms with E-state index in [1.165, 1.54) is 0 Å². The predicted octanol–water partition coefficient (Wildman–Crippen LogP) is 6.95. The van der Waals surface area contributed by atoms with Crippen molar-refractivity contribution >= 4 is 50.3 Å². The molecular weight excluding hydrogens is 496 g/mol. The zero-order valence-electron chi connectivity index (χ0n) is 17.1. The molecule has 0 unspecified atom stereocenters. The molecule has 1 heterocycles. The quantitative estimate of drug-likeness (QED) is 0.197. The molecule has 0 aliphatic carbocycles. The van der Waals surface area contributed by atoms with Crippen molar-refractivity contribution in [1.82, 2.24) is 0 Å². The van der Waals surface area contributed by atoms with Gasteiger partial charge in [-0.25, -0.2) is 4.79 Å². The molecule has 0 atom stereocenters. The first-order chi connectivity index (χ1) is 15.5. The Kier molecular flexibility index (Phi) is 6.63. The van der Waals surface area contributed by atoms with Crippen LogP contribution in [0.5, 0.6) is 5.75 Å². The minimum absolute atomic E-state index is 0.177. The highest BCUT2D eigenvalue weighted by atomic mass is 79.9. The van der Waals surface area contributed by atoms with E-state index in [2.05, 4.69) is 15.9 Å². The van der Waals surface area contributed by atoms with Crippen molar-refractivity contribution in [3.05, 3.63) is 87.4 Å². The average molecular weight is 514 g/mol. The number of halogens is 2. The average Bonchev–Trinajstić information content (AvgIpc) is 3.16. The fourth-order valence-corrected chi connectivity index (χ4v) is 3.83. The van der Waals surface area contributed by atoms with Gasteiger partial charge >= 0.3 is 5.97 Å². The number of rotatable bonds is 7. The third-order valence-electron chi connectivity index (χ3n) is 4.78. The second-order valence-corrected chi connectivity index (χ2v) is 8.18. The molecule has 0 bridgehead atoms. The molecule has 32 heavy (non-hydrogen) atoms. The molecule has 4 rings (SSSR count). The molecule has 7 heteroatoms. The predicted molar refractivity (Wildman–Crippen MR) is 127 cm³/mol. The molecule has 1 aromatic heterocycles. The molecule has 0 aliphatic rings. The number of esters is 1. The lowest BCUT2D eigenvalue weighted by Crippen LogP contribution is -2.11. The van der Waals surface area contributed by atoms with E-state index >= 15 is 0 Å². The maximum Gasteiger partial charge on any atom is 0.342 e. The summed E-state index contributed by atoms with van der Waals surface area (Å²) in [4.78, 5) is 25.3. The van der Waals surface area contributed by atoms with Gasteiger partial charge < -0.3 is 13.9 Å². The van der Waals surface area contributed by atoms with E-state index in [0.29, 0.717) is 43.1 Å². The first-order valence-corrected chi connectivity index (χ1v) is 11.0. The normalized spacial score (nSPS) is 10.8. The van der Waals surface area contributed by atoms with E-state index in [-0.39, 0.29) is 19.0 Å². The van der Waals surface area contributed by atoms with Crippen LogP contribution in [0.3, 0.4) is 0 Å². The largest absolute Gasteiger partial charge is 0.484 e. The Labute approximate surface area is 198 Å². The number of carbonyl (C=O) groups excluding carboxylic acids is 2. The van der Waals surface area contributed by atoms with Crippen molar-refractivity contribution < 1.29 is 23.5 Å². The number of Topliss-reactive ketones (excluding diaryl/α,β-unsaturated/α-hetero) is 1. The number of benzene rings is 3. The number of ether oxygens (including phenoxy) is 2. The van der Waals surface area contributed by atoms with Crippen LogP contribution in [0.2, 0.25) is 5.02 Å². The van der Waals surface area contributed by atoms with Crippen LogP contribution >= 0.6 is 27.5 Å². The standard InChI is InChI=1S/C25H18BrClO5/c1-2-30-25(29)23-18-12-22(31-14-20(28)15-8-10-17(27)11-9-15)19(26)13-21(18)32-24(23)16-6-4-3-5-7-16/h3-13H,2,14H2,1H3. The Morgan fingerprint density at radius 2 is 1.75 bits per heavy atom. The number of furan rings is 1. The van der Waals surface area contributed by atoms with Crippen molar-refractivity contribution in [3.8, 4) is 17.1 Å². The third kappa shape index (κ3) is 4.56. The van der Waals surface area contributed by atoms with Gasteiger partial charge in [-0.3, -0.25) is 4.79 Å². The molecular formula is C25H18BrClO5. The molecule has 0 aliphatic heterocycles. The van der Waals surface area contributed by atoms with Crippen LogP contribution in [-0.2, 0) is 4.74 Å². The number of carbonyl (C=O) groups is 2. The monoisotopic (exact) mass is 512 g/mol. The number of fused-ring (bicyclic) bond motifs is 1. The van der Waals surface area contributed by atoms with Crippen LogP contribution in [0.4, 0.5) is 0 Å². The molecule has 162 valence electrons. The van der Waals surface area contributed by atoms with Gasteiger partial charge in [-0.15, -0.1) is 0 Å². The van der Waals surface area contributed by atoms with Crippen LogP contribution in [-0.4, -0.2) is 25.0 Å². The van der Waals surface area contributed by atoms with Crippen molar-refractivity contribution in [3.63, 3.8) is 0 Å². The molecule has 0 fully saturated rings. The van der Waals surface area contributed by atoms with Crippen LogP contribution < -0.4 is 4.74 Å². The lowest BCUT2D eigenvalue weighted by atomic mass is 10.1. The Morgan fingerprint density at radius 1 is 1.03 bits per heavy atom. The topological polar surface area (TPSA) is 65.7 Å². The van der Waals surface area contributed by atoms with Crippen LogP contribution in [0.15, 0.2) is 75.6 Å². The van der Waals surface area contributed by atoms with E-state index < -0.39 is 5.97 Å². The minimum atomic E-state index is -0.490. The Balaban J connectivity index is 1.71. The molecule has 4 aromatic rings. The van der Waals surface area contributed by atoms with Crippen LogP contribution in [0.25, 0.3) is 22.3 Å². The summed E-state index contributed by atoms with van der Waals surface area (Å²) >= 11 is 9.34. The van der Waals surface area contributed by atoms with Gasteiger partial charge in [0.2, 0.25) is 0 Å². The summed E-state index contributed by atoms with van der Waals surface area (Å²) in [5.74, 6) is 0.137. The molecule has 0 saturated heterocycles. The minimum Gasteiger partial charge on any atom is -0.484 e. The van der Waals surface area contributed by atoms with Gasteiger partial charge in [-0.2, -0.15) is 0 Å². The second kappa shape index (κ2) is 9.59. The van der Waals surface area contributed by atoms with E-state index in [9.17, 15) is 9.59 Å². The molecule has 3 aromatic carbocycles. The fraction of sp³-hybridized carbons (Fsp3) is 0.120. The third-order valence-corrected chi connectivity index (χ3v) is 5.65. The number of ketones is 1. The summed E-state index contributed by atoms with van der Waals surface area (Å²) in [5.41, 5.74) is 2.06. The van der Waals surface area contributed by atoms with Gasteiger partial charge in [0.1, 0.15) is 22.7 Å². The van der Waals surface area contributed by atoms with E-state index in [0.717, 1.165) is 5.56 Å². The molecule has 0 saturated carbocycles. The van der Waals surface area contributed by atoms with Crippen molar-refractivity contribution in [2.24, 2.45) is 0 Å². The Hall–Kier alpha value is -3.09. The van der Waals surface area contributed by atoms with Crippen molar-refractivity contribution in [2.75, 3.05) is 13.2 Å². The molecule has 0 amide bonds. The van der Waals surface area contributed by atoms with Crippen molar-refractivity contribution in [2.45, 2.75) is 6.92 Å². The summed E-state index contributed by atoms with van der Waals surface area (Å²) in [7, 11) is 0. The van der Waals surface area contributed by atoms with Gasteiger partial charge in [0.15, 0.2) is 12.4 Å². The fourth-order valence-electron chi connectivity index (χ4n) is 3.27. The van der Waals surface area contributed by atoms with Crippen molar-refractivity contribution in [1.29, 1.82) is 0 Å². The van der Waals surface area contributed by atoms with Crippen LogP contribution in [0.1, 0.15) is 27.6 Å². The highest BCUT2D eigenvalue weighted by Gasteiger charge is 2.24. The number of hydrogen-bond donors (Lipinski definition) is 0. The van der Waals surface area contributed by atoms with Gasteiger partial charge in [-0.1, -0.05) is 41.9 Å². The first-order valence-electron chi connectivity index (χ1n) is 9.88. The van der Waals surface area contributed by atoms with Gasteiger partial charge in [0.05, 0.1) is 11.1 Å². The van der Waals surface area contributed by atoms with Gasteiger partial charge in [-0.05, 0) is 59.3 Å².